The van der Waals surface area contributed by atoms with Crippen LogP contribution >= 0.6 is 0 Å². The Balaban J connectivity index is 4.33. The number of carbonyl (C=O) groups is 3. The summed E-state index contributed by atoms with van der Waals surface area (Å²) in [7, 11) is 0. The molecule has 0 rings (SSSR count). The summed E-state index contributed by atoms with van der Waals surface area (Å²) >= 11 is 0. The van der Waals surface area contributed by atoms with Crippen molar-refractivity contribution < 1.29 is 28.6 Å². The minimum absolute atomic E-state index is 0.0740. The van der Waals surface area contributed by atoms with Crippen LogP contribution in [-0.2, 0) is 28.6 Å². The summed E-state index contributed by atoms with van der Waals surface area (Å²) in [6.07, 6.45) is 71.4. The summed E-state index contributed by atoms with van der Waals surface area (Å²) in [5.74, 6) is -0.870. The lowest BCUT2D eigenvalue weighted by atomic mass is 10.0. The van der Waals surface area contributed by atoms with Crippen LogP contribution in [0.25, 0.3) is 0 Å². The first-order chi connectivity index (χ1) is 34.5. The highest BCUT2D eigenvalue weighted by atomic mass is 16.6. The summed E-state index contributed by atoms with van der Waals surface area (Å²) in [5.41, 5.74) is 0. The lowest BCUT2D eigenvalue weighted by Gasteiger charge is -2.18. The van der Waals surface area contributed by atoms with Crippen LogP contribution in [0.2, 0.25) is 0 Å². The largest absolute Gasteiger partial charge is 0.462 e. The molecule has 0 aromatic carbocycles. The molecule has 410 valence electrons. The number of carbonyl (C=O) groups excluding carboxylic acids is 3. The van der Waals surface area contributed by atoms with Crippen molar-refractivity contribution in [3.05, 3.63) is 36.5 Å². The average molecular weight is 984 g/mol. The monoisotopic (exact) mass is 983 g/mol. The molecule has 70 heavy (non-hydrogen) atoms. The maximum absolute atomic E-state index is 12.9. The van der Waals surface area contributed by atoms with E-state index in [0.717, 1.165) is 77.0 Å². The molecule has 0 N–H and O–H groups in total. The number of esters is 3. The Morgan fingerprint density at radius 2 is 0.514 bits per heavy atom. The second kappa shape index (κ2) is 59.2. The van der Waals surface area contributed by atoms with E-state index in [4.69, 9.17) is 14.2 Å². The molecule has 0 bridgehead atoms. The first-order valence-corrected chi connectivity index (χ1v) is 31.0. The lowest BCUT2D eigenvalue weighted by molar-refractivity contribution is -0.167. The quantitative estimate of drug-likeness (QED) is 0.0261. The molecule has 0 saturated heterocycles. The van der Waals surface area contributed by atoms with Crippen molar-refractivity contribution >= 4 is 17.9 Å². The Labute approximate surface area is 435 Å². The Hall–Kier alpha value is -2.37. The van der Waals surface area contributed by atoms with Gasteiger partial charge in [-0.15, -0.1) is 0 Å². The van der Waals surface area contributed by atoms with E-state index in [2.05, 4.69) is 57.2 Å². The zero-order chi connectivity index (χ0) is 50.7. The summed E-state index contributed by atoms with van der Waals surface area (Å²) in [6.45, 7) is 6.65. The third-order valence-corrected chi connectivity index (χ3v) is 13.9. The molecule has 0 fully saturated rings. The number of unbranched alkanes of at least 4 members (excludes halogenated alkanes) is 40. The molecule has 0 spiro atoms. The molecule has 1 unspecified atom stereocenters. The van der Waals surface area contributed by atoms with Gasteiger partial charge in [-0.2, -0.15) is 0 Å². The minimum Gasteiger partial charge on any atom is -0.462 e. The van der Waals surface area contributed by atoms with E-state index in [1.165, 1.54) is 218 Å². The second-order valence-electron chi connectivity index (χ2n) is 21.0. The van der Waals surface area contributed by atoms with E-state index in [0.29, 0.717) is 19.3 Å². The van der Waals surface area contributed by atoms with Crippen molar-refractivity contribution in [2.45, 2.75) is 341 Å². The Kier molecular flexibility index (Phi) is 57.2. The van der Waals surface area contributed by atoms with Gasteiger partial charge in [-0.25, -0.2) is 0 Å². The van der Waals surface area contributed by atoms with Gasteiger partial charge in [-0.1, -0.05) is 276 Å². The van der Waals surface area contributed by atoms with Crippen molar-refractivity contribution in [2.75, 3.05) is 13.2 Å². The van der Waals surface area contributed by atoms with Gasteiger partial charge in [0.15, 0.2) is 6.10 Å². The Morgan fingerprint density at radius 1 is 0.286 bits per heavy atom. The van der Waals surface area contributed by atoms with Crippen LogP contribution in [0.5, 0.6) is 0 Å². The van der Waals surface area contributed by atoms with Gasteiger partial charge >= 0.3 is 17.9 Å². The van der Waals surface area contributed by atoms with Gasteiger partial charge in [-0.3, -0.25) is 14.4 Å². The predicted octanol–water partition coefficient (Wildman–Crippen LogP) is 20.8. The normalized spacial score (nSPS) is 12.2. The molecule has 0 radical (unpaired) electrons. The van der Waals surface area contributed by atoms with Gasteiger partial charge in [0.25, 0.3) is 0 Å². The van der Waals surface area contributed by atoms with E-state index < -0.39 is 6.10 Å². The van der Waals surface area contributed by atoms with Gasteiger partial charge in [0.2, 0.25) is 0 Å². The van der Waals surface area contributed by atoms with Gasteiger partial charge in [0.05, 0.1) is 0 Å². The van der Waals surface area contributed by atoms with E-state index in [1.807, 2.05) is 0 Å². The van der Waals surface area contributed by atoms with E-state index >= 15 is 0 Å². The van der Waals surface area contributed by atoms with Crippen molar-refractivity contribution in [3.8, 4) is 0 Å². The Bertz CT molecular complexity index is 1170. The van der Waals surface area contributed by atoms with E-state index in [1.54, 1.807) is 0 Å². The highest BCUT2D eigenvalue weighted by Gasteiger charge is 2.19. The number of ether oxygens (including phenoxy) is 3. The van der Waals surface area contributed by atoms with Crippen molar-refractivity contribution in [1.29, 1.82) is 0 Å². The van der Waals surface area contributed by atoms with Crippen LogP contribution in [0, 0.1) is 0 Å². The second-order valence-corrected chi connectivity index (χ2v) is 21.0. The van der Waals surface area contributed by atoms with E-state index in [9.17, 15) is 14.4 Å². The molecule has 0 aromatic rings. The topological polar surface area (TPSA) is 78.9 Å². The molecule has 0 heterocycles. The maximum atomic E-state index is 12.9. The van der Waals surface area contributed by atoms with Crippen molar-refractivity contribution in [2.24, 2.45) is 0 Å². The SMILES string of the molecule is CCCCCC/C=C\C/C=C\CCCCCCCCCC(=O)OC(COC(=O)CCCCCCC/C=C\CCCCCCC)COC(=O)CCCCCCCCCCCCCCCCCCCCCC. The Morgan fingerprint density at radius 3 is 0.814 bits per heavy atom. The van der Waals surface area contributed by atoms with Gasteiger partial charge in [0, 0.05) is 19.3 Å². The van der Waals surface area contributed by atoms with E-state index in [-0.39, 0.29) is 31.1 Å². The molecule has 0 saturated carbocycles. The lowest BCUT2D eigenvalue weighted by Crippen LogP contribution is -2.30. The zero-order valence-corrected chi connectivity index (χ0v) is 47.1. The average Bonchev–Trinajstić information content (AvgIpc) is 3.36. The fourth-order valence-corrected chi connectivity index (χ4v) is 9.18. The van der Waals surface area contributed by atoms with Gasteiger partial charge < -0.3 is 14.2 Å². The molecule has 0 aromatic heterocycles. The van der Waals surface area contributed by atoms with Crippen LogP contribution in [0.4, 0.5) is 0 Å². The molecule has 0 aliphatic rings. The fraction of sp³-hybridized carbons (Fsp3) is 0.859. The number of rotatable bonds is 57. The third-order valence-electron chi connectivity index (χ3n) is 13.9. The highest BCUT2D eigenvalue weighted by molar-refractivity contribution is 5.71. The first-order valence-electron chi connectivity index (χ1n) is 31.0. The molecular weight excluding hydrogens is 865 g/mol. The first kappa shape index (κ1) is 67.6. The molecule has 0 amide bonds. The summed E-state index contributed by atoms with van der Waals surface area (Å²) < 4.78 is 16.9. The van der Waals surface area contributed by atoms with Crippen molar-refractivity contribution in [1.82, 2.24) is 0 Å². The fourth-order valence-electron chi connectivity index (χ4n) is 9.18. The van der Waals surface area contributed by atoms with Crippen LogP contribution in [0.3, 0.4) is 0 Å². The maximum Gasteiger partial charge on any atom is 0.306 e. The molecule has 6 nitrogen and oxygen atoms in total. The standard InChI is InChI=1S/C64H118O6/c1-4-7-10-13-16-19-22-25-28-30-32-33-35-36-39-42-45-48-51-54-57-63(66)69-60-61(59-68-62(65)56-53-50-47-44-41-38-27-24-21-18-15-12-9-6-3)70-64(67)58-55-52-49-46-43-40-37-34-31-29-26-23-20-17-14-11-8-5-2/h20,23-24,27,29,31,61H,4-19,21-22,25-26,28,30,32-60H2,1-3H3/b23-20-,27-24-,31-29-. The minimum atomic E-state index is -0.777. The third kappa shape index (κ3) is 56.5. The number of hydrogen-bond acceptors (Lipinski definition) is 6. The molecular formula is C64H118O6. The van der Waals surface area contributed by atoms with Gasteiger partial charge in [0.1, 0.15) is 13.2 Å². The van der Waals surface area contributed by atoms with Crippen LogP contribution in [0.1, 0.15) is 335 Å². The predicted molar refractivity (Wildman–Crippen MR) is 302 cm³/mol. The molecule has 6 heteroatoms. The summed E-state index contributed by atoms with van der Waals surface area (Å²) in [5, 5.41) is 0. The molecule has 1 atom stereocenters. The highest BCUT2D eigenvalue weighted by Crippen LogP contribution is 2.17. The smallest absolute Gasteiger partial charge is 0.306 e. The van der Waals surface area contributed by atoms with Crippen LogP contribution < -0.4 is 0 Å². The zero-order valence-electron chi connectivity index (χ0n) is 47.1. The van der Waals surface area contributed by atoms with Crippen molar-refractivity contribution in [3.63, 3.8) is 0 Å². The number of allylic oxidation sites excluding steroid dienone is 6. The molecule has 0 aliphatic carbocycles. The summed E-state index contributed by atoms with van der Waals surface area (Å²) in [6, 6.07) is 0. The van der Waals surface area contributed by atoms with Crippen LogP contribution in [-0.4, -0.2) is 37.2 Å². The number of hydrogen-bond donors (Lipinski definition) is 0. The van der Waals surface area contributed by atoms with Crippen LogP contribution in [0.15, 0.2) is 36.5 Å². The summed E-state index contributed by atoms with van der Waals surface area (Å²) in [4.78, 5) is 38.2. The van der Waals surface area contributed by atoms with Gasteiger partial charge in [-0.05, 0) is 77.0 Å². The molecule has 0 aliphatic heterocycles.